The highest BCUT2D eigenvalue weighted by Gasteiger charge is 2.15. The lowest BCUT2D eigenvalue weighted by molar-refractivity contribution is -0.383. The van der Waals surface area contributed by atoms with Crippen molar-refractivity contribution < 1.29 is 10.4 Å². The van der Waals surface area contributed by atoms with Gasteiger partial charge >= 0.3 is 0 Å². The second-order valence-electron chi connectivity index (χ2n) is 4.32. The number of para-hydroxylation sites is 1. The van der Waals surface area contributed by atoms with Crippen LogP contribution in [0.25, 0.3) is 22.2 Å². The summed E-state index contributed by atoms with van der Waals surface area (Å²) in [6.45, 7) is 0. The minimum absolute atomic E-state index is 0.0319. The molecule has 0 unspecified atom stereocenters. The van der Waals surface area contributed by atoms with E-state index in [0.29, 0.717) is 10.9 Å². The monoisotopic (exact) mass is 287 g/mol. The molecule has 0 amide bonds. The first-order valence-corrected chi connectivity index (χ1v) is 6.19. The van der Waals surface area contributed by atoms with Crippen molar-refractivity contribution in [3.63, 3.8) is 0 Å². The average molecular weight is 287 g/mol. The predicted molar refractivity (Wildman–Crippen MR) is 83.4 cm³/mol. The van der Waals surface area contributed by atoms with Gasteiger partial charge in [0, 0.05) is 24.4 Å². The predicted octanol–water partition coefficient (Wildman–Crippen LogP) is 3.85. The number of nitro groups is 1. The zero-order chi connectivity index (χ0) is 18.3. The van der Waals surface area contributed by atoms with Crippen LogP contribution in [0, 0.1) is 10.1 Å². The van der Waals surface area contributed by atoms with Crippen LogP contribution >= 0.6 is 0 Å². The molecule has 0 atom stereocenters. The molecule has 0 fully saturated rings. The molecule has 1 heterocycles. The van der Waals surface area contributed by atoms with Crippen LogP contribution in [0.4, 0.5) is 11.4 Å². The molecule has 104 valence electrons. The third-order valence-electron chi connectivity index (χ3n) is 3.06. The molecule has 0 aliphatic carbocycles. The number of nitrogens with one attached hydrogen (secondary N) is 1. The second-order valence-corrected chi connectivity index (χ2v) is 4.32. The Balaban J connectivity index is 2.34. The first-order chi connectivity index (χ1) is 11.8. The average Bonchev–Trinajstić information content (AvgIpc) is 2.57. The zero-order valence-corrected chi connectivity index (χ0v) is 11.1. The van der Waals surface area contributed by atoms with Crippen LogP contribution in [0.3, 0.4) is 0 Å². The van der Waals surface area contributed by atoms with Gasteiger partial charge in [0.2, 0.25) is 0 Å². The van der Waals surface area contributed by atoms with Crippen LogP contribution < -0.4 is 5.31 Å². The minimum atomic E-state index is -0.533. The molecule has 1 aromatic heterocycles. The van der Waals surface area contributed by atoms with Crippen molar-refractivity contribution in [1.29, 1.82) is 0 Å². The van der Waals surface area contributed by atoms with Crippen LogP contribution in [-0.2, 0) is 0 Å². The van der Waals surface area contributed by atoms with Crippen molar-refractivity contribution in [2.45, 2.75) is 0 Å². The Labute approximate surface area is 127 Å². The number of nitrogens with zero attached hydrogens (tertiary/aromatic N) is 2. The van der Waals surface area contributed by atoms with Gasteiger partial charge in [-0.3, -0.25) is 10.1 Å². The molecule has 0 spiro atoms. The van der Waals surface area contributed by atoms with Gasteiger partial charge in [-0.05, 0) is 24.2 Å². The zero-order valence-electron chi connectivity index (χ0n) is 15.1. The molecular formula is C16H13N3O2. The Kier molecular flexibility index (Phi) is 2.25. The summed E-state index contributed by atoms with van der Waals surface area (Å²) in [6.07, 6.45) is 0. The standard InChI is InChI=1S/C16H13N3O2/c1-17-12-8-6-11(7-9-12)15-10-16(19(20)21)13-4-2-3-5-14(13)18-15/h2-10,17H,1H3/i6T,7T,8T/hT. The number of benzene rings is 2. The highest BCUT2D eigenvalue weighted by atomic mass is 16.6. The van der Waals surface area contributed by atoms with E-state index in [1.54, 1.807) is 24.3 Å². The van der Waals surface area contributed by atoms with Gasteiger partial charge in [0.15, 0.2) is 1.41 Å². The van der Waals surface area contributed by atoms with Crippen molar-refractivity contribution in [2.24, 2.45) is 0 Å². The Morgan fingerprint density at radius 2 is 2.10 bits per heavy atom. The first kappa shape index (κ1) is 9.07. The van der Waals surface area contributed by atoms with E-state index in [4.69, 9.17) is 5.52 Å². The van der Waals surface area contributed by atoms with Gasteiger partial charge in [0.25, 0.3) is 5.69 Å². The summed E-state index contributed by atoms with van der Waals surface area (Å²) >= 11 is 0. The lowest BCUT2D eigenvalue weighted by Gasteiger charge is -2.06. The highest BCUT2D eigenvalue weighted by molar-refractivity contribution is 5.90. The number of rotatable bonds is 3. The van der Waals surface area contributed by atoms with Crippen LogP contribution in [-0.4, -0.2) is 17.0 Å². The summed E-state index contributed by atoms with van der Waals surface area (Å²) in [7, 11) is 1.39. The van der Waals surface area contributed by atoms with E-state index in [1.807, 2.05) is 0 Å². The maximum atomic E-state index is 11.4. The maximum absolute atomic E-state index is 11.4. The summed E-state index contributed by atoms with van der Waals surface area (Å²) in [5, 5.41) is 12.7. The van der Waals surface area contributed by atoms with E-state index in [1.165, 1.54) is 19.2 Å². The molecule has 3 aromatic rings. The molecule has 2 aromatic carbocycles. The van der Waals surface area contributed by atoms with E-state index < -0.39 is 4.92 Å². The van der Waals surface area contributed by atoms with E-state index in [9.17, 15) is 10.1 Å². The Morgan fingerprint density at radius 3 is 2.86 bits per heavy atom. The highest BCUT2D eigenvalue weighted by Crippen LogP contribution is 2.30. The molecule has 0 aliphatic heterocycles. The molecule has 5 nitrogen and oxygen atoms in total. The van der Waals surface area contributed by atoms with E-state index in [2.05, 4.69) is 4.98 Å². The fraction of sp³-hybridized carbons (Fsp3) is 0.0625. The van der Waals surface area contributed by atoms with Gasteiger partial charge in [-0.25, -0.2) is 4.98 Å². The summed E-state index contributed by atoms with van der Waals surface area (Å²) in [5.74, 6) is 0. The third kappa shape index (κ3) is 2.41. The summed E-state index contributed by atoms with van der Waals surface area (Å²) in [6, 6.07) is 8.42. The summed E-state index contributed by atoms with van der Waals surface area (Å²) < 4.78 is 31.9. The number of fused-ring (bicyclic) bond motifs is 1. The normalized spacial score (nSPS) is 13.2. The van der Waals surface area contributed by atoms with Crippen LogP contribution in [0.15, 0.2) is 54.5 Å². The number of pyridine rings is 1. The number of anilines is 1. The molecule has 3 rings (SSSR count). The third-order valence-corrected chi connectivity index (χ3v) is 3.06. The van der Waals surface area contributed by atoms with Gasteiger partial charge in [0.1, 0.15) is 0 Å². The van der Waals surface area contributed by atoms with E-state index >= 15 is 0 Å². The molecule has 0 bridgehead atoms. The van der Waals surface area contributed by atoms with Gasteiger partial charge < -0.3 is 5.31 Å². The van der Waals surface area contributed by atoms with E-state index in [-0.39, 0.29) is 40.8 Å². The number of aromatic nitrogens is 1. The van der Waals surface area contributed by atoms with Crippen LogP contribution in [0.1, 0.15) is 4.11 Å². The Hall–Kier alpha value is -2.95. The molecule has 0 radical (unpaired) electrons. The molecule has 0 saturated carbocycles. The Bertz CT molecular complexity index is 1010. The number of hydrogen-bond donors (Lipinski definition) is 1. The van der Waals surface area contributed by atoms with Crippen LogP contribution in [0.2, 0.25) is 1.41 Å². The van der Waals surface area contributed by atoms with Crippen molar-refractivity contribution in [3.05, 3.63) is 64.6 Å². The fourth-order valence-electron chi connectivity index (χ4n) is 2.03. The fourth-order valence-corrected chi connectivity index (χ4v) is 2.03. The van der Waals surface area contributed by atoms with Crippen molar-refractivity contribution in [3.8, 4) is 11.3 Å². The Morgan fingerprint density at radius 1 is 1.29 bits per heavy atom. The SMILES string of the molecule is [3H]c1cc(N([3H])C)c([3H])c([3H])c1-c1cc([N+](=O)[O-])c2ccccc2n1. The topological polar surface area (TPSA) is 68.1 Å². The van der Waals surface area contributed by atoms with Gasteiger partial charge in [-0.1, -0.05) is 24.2 Å². The number of hydrogen-bond acceptors (Lipinski definition) is 4. The van der Waals surface area contributed by atoms with Crippen LogP contribution in [0.5, 0.6) is 0 Å². The lowest BCUT2D eigenvalue weighted by Crippen LogP contribution is -1.94. The van der Waals surface area contributed by atoms with Crippen molar-refractivity contribution in [1.82, 2.24) is 4.98 Å². The summed E-state index contributed by atoms with van der Waals surface area (Å²) in [5.41, 5.74) is 0.429. The maximum Gasteiger partial charge on any atom is 0.280 e. The molecule has 0 saturated heterocycles. The van der Waals surface area contributed by atoms with E-state index in [0.717, 1.165) is 5.31 Å². The lowest BCUT2D eigenvalue weighted by atomic mass is 10.1. The van der Waals surface area contributed by atoms with Gasteiger partial charge in [-0.15, -0.1) is 0 Å². The van der Waals surface area contributed by atoms with Gasteiger partial charge in [-0.2, -0.15) is 0 Å². The molecule has 1 N–H and O–H groups in total. The molecular weight excluding hydrogens is 266 g/mol. The second kappa shape index (κ2) is 5.20. The van der Waals surface area contributed by atoms with Gasteiger partial charge in [0.05, 0.1) is 25.6 Å². The first-order valence-electron chi connectivity index (χ1n) is 8.14. The largest absolute Gasteiger partial charge is 0.388 e. The van der Waals surface area contributed by atoms with Crippen molar-refractivity contribution >= 4 is 22.3 Å². The molecule has 0 aliphatic rings. The quantitative estimate of drug-likeness (QED) is 0.587. The summed E-state index contributed by atoms with van der Waals surface area (Å²) in [4.78, 5) is 15.2. The molecule has 5 heteroatoms. The molecule has 21 heavy (non-hydrogen) atoms. The minimum Gasteiger partial charge on any atom is -0.388 e. The smallest absolute Gasteiger partial charge is 0.280 e. The van der Waals surface area contributed by atoms with Crippen molar-refractivity contribution in [2.75, 3.05) is 12.4 Å².